The Morgan fingerprint density at radius 3 is 2.79 bits per heavy atom. The Balaban J connectivity index is 2.92. The van der Waals surface area contributed by atoms with E-state index in [0.29, 0.717) is 5.39 Å². The van der Waals surface area contributed by atoms with E-state index in [9.17, 15) is 4.79 Å². The number of hydrogen-bond acceptors (Lipinski definition) is 1. The van der Waals surface area contributed by atoms with Crippen LogP contribution in [0.25, 0.3) is 10.8 Å². The van der Waals surface area contributed by atoms with Gasteiger partial charge in [0.1, 0.15) is 0 Å². The molecule has 0 amide bonds. The van der Waals surface area contributed by atoms with Gasteiger partial charge in [-0.2, -0.15) is 0 Å². The van der Waals surface area contributed by atoms with Crippen molar-refractivity contribution in [1.29, 1.82) is 0 Å². The molecule has 0 aliphatic rings. The van der Waals surface area contributed by atoms with Crippen molar-refractivity contribution in [3.8, 4) is 0 Å². The molecule has 2 aromatic carbocycles. The number of aryl methyl sites for hydroxylation is 1. The van der Waals surface area contributed by atoms with Gasteiger partial charge in [-0.25, -0.2) is 4.79 Å². The summed E-state index contributed by atoms with van der Waals surface area (Å²) in [4.78, 5) is 11.0. The van der Waals surface area contributed by atoms with Crippen LogP contribution < -0.4 is 0 Å². The minimum Gasteiger partial charge on any atom is -0.478 e. The van der Waals surface area contributed by atoms with Crippen molar-refractivity contribution in [2.24, 2.45) is 0 Å². The lowest BCUT2D eigenvalue weighted by atomic mass is 10.0. The number of hydrogen-bond donors (Lipinski definition) is 1. The van der Waals surface area contributed by atoms with Gasteiger partial charge in [-0.3, -0.25) is 0 Å². The molecule has 2 aromatic rings. The van der Waals surface area contributed by atoms with Crippen LogP contribution in [0.3, 0.4) is 0 Å². The maximum atomic E-state index is 11.0. The zero-order valence-corrected chi connectivity index (χ0v) is 7.74. The van der Waals surface area contributed by atoms with Crippen molar-refractivity contribution in [3.63, 3.8) is 0 Å². The summed E-state index contributed by atoms with van der Waals surface area (Å²) in [5.74, 6) is -0.986. The van der Waals surface area contributed by atoms with Gasteiger partial charge in [-0.1, -0.05) is 30.3 Å². The van der Waals surface area contributed by atoms with Gasteiger partial charge in [-0.15, -0.1) is 0 Å². The molecule has 70 valence electrons. The summed E-state index contributed by atoms with van der Waals surface area (Å²) < 4.78 is 7.54. The van der Waals surface area contributed by atoms with Crippen molar-refractivity contribution in [2.75, 3.05) is 0 Å². The van der Waals surface area contributed by atoms with Crippen LogP contribution in [0.4, 0.5) is 0 Å². The molecule has 0 aliphatic carbocycles. The van der Waals surface area contributed by atoms with Crippen molar-refractivity contribution in [3.05, 3.63) is 47.5 Å². The summed E-state index contributed by atoms with van der Waals surface area (Å²) in [7, 11) is 0. The Kier molecular flexibility index (Phi) is 1.70. The molecule has 0 fully saturated rings. The third kappa shape index (κ3) is 1.25. The fourth-order valence-electron chi connectivity index (χ4n) is 1.57. The molecule has 2 rings (SSSR count). The summed E-state index contributed by atoms with van der Waals surface area (Å²) in [6.45, 7) is 1.91. The molecule has 0 radical (unpaired) electrons. The lowest BCUT2D eigenvalue weighted by Crippen LogP contribution is -1.97. The number of carboxylic acid groups (broad SMARTS) is 1. The largest absolute Gasteiger partial charge is 0.478 e. The molecule has 0 bridgehead atoms. The van der Waals surface area contributed by atoms with Crippen molar-refractivity contribution in [2.45, 2.75) is 6.92 Å². The molecule has 1 N–H and O–H groups in total. The van der Waals surface area contributed by atoms with E-state index in [1.165, 1.54) is 6.07 Å². The van der Waals surface area contributed by atoms with Crippen molar-refractivity contribution < 1.29 is 11.3 Å². The Morgan fingerprint density at radius 2 is 2.07 bits per heavy atom. The predicted octanol–water partition coefficient (Wildman–Crippen LogP) is 2.85. The van der Waals surface area contributed by atoms with E-state index in [1.807, 2.05) is 19.1 Å². The molecule has 0 aromatic heterocycles. The number of fused-ring (bicyclic) bond motifs is 1. The van der Waals surface area contributed by atoms with Crippen LogP contribution in [0.1, 0.15) is 17.3 Å². The number of benzene rings is 2. The summed E-state index contributed by atoms with van der Waals surface area (Å²) in [6.07, 6.45) is 0. The quantitative estimate of drug-likeness (QED) is 0.745. The van der Waals surface area contributed by atoms with Gasteiger partial charge >= 0.3 is 5.97 Å². The van der Waals surface area contributed by atoms with Gasteiger partial charge in [0.15, 0.2) is 0 Å². The Labute approximate surface area is 83.2 Å². The first-order chi connectivity index (χ1) is 7.09. The Bertz CT molecular complexity index is 547. The van der Waals surface area contributed by atoms with E-state index in [0.717, 1.165) is 10.9 Å². The molecule has 2 heteroatoms. The topological polar surface area (TPSA) is 37.3 Å². The third-order valence-corrected chi connectivity index (χ3v) is 2.30. The number of carbonyl (C=O) groups is 1. The van der Waals surface area contributed by atoms with Crippen molar-refractivity contribution >= 4 is 16.7 Å². The molecule has 0 saturated carbocycles. The molecule has 2 nitrogen and oxygen atoms in total. The van der Waals surface area contributed by atoms with Gasteiger partial charge in [0.05, 0.1) is 6.93 Å². The van der Waals surface area contributed by atoms with Crippen LogP contribution in [0, 0.1) is 6.92 Å². The second-order valence-electron chi connectivity index (χ2n) is 3.21. The highest BCUT2D eigenvalue weighted by molar-refractivity contribution is 6.04. The van der Waals surface area contributed by atoms with Gasteiger partial charge in [0.2, 0.25) is 0 Å². The van der Waals surface area contributed by atoms with E-state index in [1.54, 1.807) is 12.1 Å². The van der Waals surface area contributed by atoms with Crippen LogP contribution in [-0.2, 0) is 0 Å². The maximum absolute atomic E-state index is 11.0. The van der Waals surface area contributed by atoms with Gasteiger partial charge in [-0.05, 0) is 29.3 Å². The molecule has 0 unspecified atom stereocenters. The lowest BCUT2D eigenvalue weighted by Gasteiger charge is -2.04. The summed E-state index contributed by atoms with van der Waals surface area (Å²) >= 11 is 0. The Morgan fingerprint density at radius 1 is 1.29 bits per heavy atom. The van der Waals surface area contributed by atoms with E-state index in [4.69, 9.17) is 6.48 Å². The summed E-state index contributed by atoms with van der Waals surface area (Å²) in [6, 6.07) is 8.81. The van der Waals surface area contributed by atoms with Crippen molar-refractivity contribution in [1.82, 2.24) is 0 Å². The van der Waals surface area contributed by atoms with Crippen LogP contribution in [0.15, 0.2) is 36.4 Å². The molecular weight excluding hydrogens is 176 g/mol. The predicted molar refractivity (Wildman–Crippen MR) is 55.6 cm³/mol. The second-order valence-corrected chi connectivity index (χ2v) is 3.21. The van der Waals surface area contributed by atoms with Gasteiger partial charge in [0, 0.05) is 0 Å². The fraction of sp³-hybridized carbons (Fsp3) is 0.0833. The zero-order chi connectivity index (χ0) is 11.0. The third-order valence-electron chi connectivity index (χ3n) is 2.30. The fourth-order valence-corrected chi connectivity index (χ4v) is 1.57. The summed E-state index contributed by atoms with van der Waals surface area (Å²) in [5, 5.41) is 10.5. The number of carboxylic acids is 1. The maximum Gasteiger partial charge on any atom is 0.336 e. The SMILES string of the molecule is [2H]c1cc(C(=O)O)c2cccc(C)c2c1. The van der Waals surface area contributed by atoms with Gasteiger partial charge < -0.3 is 5.11 Å². The molecular formula is C12H10O2. The van der Waals surface area contributed by atoms with Crippen LogP contribution in [0.2, 0.25) is 0 Å². The highest BCUT2D eigenvalue weighted by Crippen LogP contribution is 2.21. The minimum atomic E-state index is -0.986. The first-order valence-electron chi connectivity index (χ1n) is 4.83. The average Bonchev–Trinajstić information content (AvgIpc) is 2.18. The van der Waals surface area contributed by atoms with E-state index in [2.05, 4.69) is 0 Å². The molecule has 0 aliphatic heterocycles. The van der Waals surface area contributed by atoms with E-state index >= 15 is 0 Å². The first kappa shape index (κ1) is 7.56. The molecule has 0 spiro atoms. The van der Waals surface area contributed by atoms with Crippen LogP contribution in [-0.4, -0.2) is 11.1 Å². The standard InChI is InChI=1S/C12H10O2/c1-8-4-2-6-10-9(8)5-3-7-11(10)12(13)14/h2-7H,1H3,(H,13,14)/i3D. The average molecular weight is 187 g/mol. The van der Waals surface area contributed by atoms with E-state index < -0.39 is 5.97 Å². The normalized spacial score (nSPS) is 11.4. The Hall–Kier alpha value is -1.83. The van der Waals surface area contributed by atoms with Crippen LogP contribution in [0.5, 0.6) is 0 Å². The molecule has 0 atom stereocenters. The highest BCUT2D eigenvalue weighted by atomic mass is 16.4. The molecule has 0 heterocycles. The first-order valence-corrected chi connectivity index (χ1v) is 4.33. The minimum absolute atomic E-state index is 0.196. The molecule has 14 heavy (non-hydrogen) atoms. The highest BCUT2D eigenvalue weighted by Gasteiger charge is 2.07. The van der Waals surface area contributed by atoms with Crippen LogP contribution >= 0.6 is 0 Å². The van der Waals surface area contributed by atoms with Gasteiger partial charge in [0.25, 0.3) is 0 Å². The lowest BCUT2D eigenvalue weighted by molar-refractivity contribution is 0.0699. The second kappa shape index (κ2) is 3.14. The zero-order valence-electron chi connectivity index (χ0n) is 8.74. The summed E-state index contributed by atoms with van der Waals surface area (Å²) in [5.41, 5.74) is 1.19. The smallest absolute Gasteiger partial charge is 0.336 e. The number of aromatic carboxylic acids is 1. The van der Waals surface area contributed by atoms with E-state index in [-0.39, 0.29) is 11.6 Å². The molecule has 0 saturated heterocycles. The number of rotatable bonds is 1. The monoisotopic (exact) mass is 187 g/mol.